The van der Waals surface area contributed by atoms with Crippen LogP contribution < -0.4 is 11.1 Å². The number of aryl methyl sites for hydroxylation is 1. The lowest BCUT2D eigenvalue weighted by molar-refractivity contribution is 0.0893. The molecule has 1 aliphatic rings. The minimum absolute atomic E-state index is 0.176. The number of aromatic amines is 1. The van der Waals surface area contributed by atoms with E-state index in [0.717, 1.165) is 18.4 Å². The second-order valence-corrected chi connectivity index (χ2v) is 6.16. The lowest BCUT2D eigenvalue weighted by Gasteiger charge is -2.35. The molecule has 116 valence electrons. The zero-order chi connectivity index (χ0) is 15.9. The van der Waals surface area contributed by atoms with Crippen LogP contribution in [0.2, 0.25) is 0 Å². The molecule has 1 aromatic heterocycles. The zero-order valence-electron chi connectivity index (χ0n) is 12.7. The molecule has 1 atom stereocenters. The van der Waals surface area contributed by atoms with E-state index in [1.807, 2.05) is 24.3 Å². The van der Waals surface area contributed by atoms with Crippen LogP contribution in [0, 0.1) is 0 Å². The Hall–Kier alpha value is -2.66. The van der Waals surface area contributed by atoms with Gasteiger partial charge in [0.15, 0.2) is 0 Å². The van der Waals surface area contributed by atoms with E-state index < -0.39 is 5.66 Å². The number of H-pyrrole nitrogens is 1. The molecule has 0 saturated heterocycles. The highest BCUT2D eigenvalue weighted by Gasteiger charge is 2.32. The van der Waals surface area contributed by atoms with Crippen LogP contribution in [-0.2, 0) is 12.8 Å². The lowest BCUT2D eigenvalue weighted by Crippen LogP contribution is -2.59. The first-order valence-corrected chi connectivity index (χ1v) is 7.75. The van der Waals surface area contributed by atoms with Gasteiger partial charge in [-0.1, -0.05) is 30.3 Å². The predicted octanol–water partition coefficient (Wildman–Crippen LogP) is 2.14. The lowest BCUT2D eigenvalue weighted by atomic mass is 9.84. The molecule has 1 unspecified atom stereocenters. The number of amides is 1. The van der Waals surface area contributed by atoms with E-state index in [9.17, 15) is 4.79 Å². The van der Waals surface area contributed by atoms with Crippen molar-refractivity contribution in [2.75, 3.05) is 0 Å². The molecule has 3 aromatic rings. The van der Waals surface area contributed by atoms with Gasteiger partial charge in [-0.05, 0) is 36.1 Å². The molecule has 0 saturated carbocycles. The average molecular weight is 306 g/mol. The number of rotatable bonds is 2. The Bertz CT molecular complexity index is 885. The second-order valence-electron chi connectivity index (χ2n) is 6.16. The van der Waals surface area contributed by atoms with Gasteiger partial charge in [0.25, 0.3) is 5.91 Å². The molecule has 5 heteroatoms. The number of nitrogens with zero attached hydrogens (tertiary/aromatic N) is 1. The number of aromatic nitrogens is 2. The van der Waals surface area contributed by atoms with Gasteiger partial charge in [0, 0.05) is 6.42 Å². The number of nitrogens with two attached hydrogens (primary N) is 1. The number of hydrogen-bond donors (Lipinski definition) is 3. The largest absolute Gasteiger partial charge is 0.345 e. The molecule has 1 heterocycles. The van der Waals surface area contributed by atoms with Gasteiger partial charge < -0.3 is 16.0 Å². The van der Waals surface area contributed by atoms with Gasteiger partial charge in [-0.15, -0.1) is 0 Å². The molecule has 4 rings (SSSR count). The molecule has 0 fully saturated rings. The Balaban J connectivity index is 1.61. The number of carbonyl (C=O) groups is 1. The maximum absolute atomic E-state index is 12.7. The molecular weight excluding hydrogens is 288 g/mol. The third-order valence-electron chi connectivity index (χ3n) is 4.52. The molecule has 23 heavy (non-hydrogen) atoms. The zero-order valence-corrected chi connectivity index (χ0v) is 12.7. The number of carbonyl (C=O) groups excluding carboxylic acids is 1. The summed E-state index contributed by atoms with van der Waals surface area (Å²) in [6.45, 7) is 0. The van der Waals surface area contributed by atoms with Crippen LogP contribution in [0.1, 0.15) is 27.9 Å². The molecule has 0 radical (unpaired) electrons. The predicted molar refractivity (Wildman–Crippen MR) is 88.9 cm³/mol. The highest BCUT2D eigenvalue weighted by atomic mass is 16.1. The van der Waals surface area contributed by atoms with Crippen LogP contribution in [0.25, 0.3) is 11.0 Å². The summed E-state index contributed by atoms with van der Waals surface area (Å²) in [6, 6.07) is 13.8. The molecule has 4 N–H and O–H groups in total. The van der Waals surface area contributed by atoms with Crippen molar-refractivity contribution in [3.63, 3.8) is 0 Å². The topological polar surface area (TPSA) is 83.8 Å². The quantitative estimate of drug-likeness (QED) is 0.634. The van der Waals surface area contributed by atoms with E-state index in [1.54, 1.807) is 12.4 Å². The number of hydrogen-bond acceptors (Lipinski definition) is 3. The first-order valence-electron chi connectivity index (χ1n) is 7.75. The van der Waals surface area contributed by atoms with Crippen molar-refractivity contribution in [3.05, 3.63) is 65.5 Å². The highest BCUT2D eigenvalue weighted by molar-refractivity contribution is 6.05. The van der Waals surface area contributed by atoms with Gasteiger partial charge >= 0.3 is 0 Å². The first-order chi connectivity index (χ1) is 11.1. The van der Waals surface area contributed by atoms with E-state index in [1.165, 1.54) is 11.1 Å². The van der Waals surface area contributed by atoms with E-state index in [4.69, 9.17) is 5.73 Å². The highest BCUT2D eigenvalue weighted by Crippen LogP contribution is 2.26. The molecule has 5 nitrogen and oxygen atoms in total. The Labute approximate surface area is 133 Å². The fraction of sp³-hybridized carbons (Fsp3) is 0.222. The van der Waals surface area contributed by atoms with Crippen molar-refractivity contribution in [1.29, 1.82) is 0 Å². The van der Waals surface area contributed by atoms with Crippen LogP contribution in [0.4, 0.5) is 0 Å². The first kappa shape index (κ1) is 14.0. The Kier molecular flexibility index (Phi) is 3.16. The van der Waals surface area contributed by atoms with Gasteiger partial charge in [0.2, 0.25) is 0 Å². The number of benzene rings is 2. The fourth-order valence-electron chi connectivity index (χ4n) is 3.31. The maximum atomic E-state index is 12.7. The average Bonchev–Trinajstić information content (AvgIpc) is 3.02. The van der Waals surface area contributed by atoms with Gasteiger partial charge in [-0.2, -0.15) is 0 Å². The number of fused-ring (bicyclic) bond motifs is 2. The fourth-order valence-corrected chi connectivity index (χ4v) is 3.31. The molecule has 0 aliphatic heterocycles. The summed E-state index contributed by atoms with van der Waals surface area (Å²) in [7, 11) is 0. The Morgan fingerprint density at radius 2 is 2.00 bits per heavy atom. The van der Waals surface area contributed by atoms with Crippen LogP contribution >= 0.6 is 0 Å². The van der Waals surface area contributed by atoms with E-state index in [0.29, 0.717) is 17.5 Å². The number of nitrogens with one attached hydrogen (secondary N) is 2. The van der Waals surface area contributed by atoms with Crippen LogP contribution in [0.5, 0.6) is 0 Å². The number of para-hydroxylation sites is 1. The summed E-state index contributed by atoms with van der Waals surface area (Å²) in [4.78, 5) is 19.9. The monoisotopic (exact) mass is 306 g/mol. The van der Waals surface area contributed by atoms with Crippen LogP contribution in [-0.4, -0.2) is 21.5 Å². The standard InChI is InChI=1S/C18H18N4O/c19-18(9-8-12-4-1-2-5-13(12)10-18)22-17(23)14-6-3-7-15-16(14)21-11-20-15/h1-7,11H,8-10,19H2,(H,20,21)(H,22,23). The van der Waals surface area contributed by atoms with Crippen molar-refractivity contribution in [3.8, 4) is 0 Å². The summed E-state index contributed by atoms with van der Waals surface area (Å²) >= 11 is 0. The third kappa shape index (κ3) is 2.49. The summed E-state index contributed by atoms with van der Waals surface area (Å²) in [6.07, 6.45) is 3.84. The Morgan fingerprint density at radius 1 is 1.17 bits per heavy atom. The molecule has 0 spiro atoms. The molecule has 1 amide bonds. The minimum atomic E-state index is -0.718. The van der Waals surface area contributed by atoms with Gasteiger partial charge in [0.1, 0.15) is 5.52 Å². The van der Waals surface area contributed by atoms with Crippen molar-refractivity contribution in [2.45, 2.75) is 24.9 Å². The summed E-state index contributed by atoms with van der Waals surface area (Å²) in [5.41, 5.74) is 10.3. The Morgan fingerprint density at radius 3 is 2.87 bits per heavy atom. The van der Waals surface area contributed by atoms with Gasteiger partial charge in [-0.3, -0.25) is 4.79 Å². The van der Waals surface area contributed by atoms with Crippen LogP contribution in [0.15, 0.2) is 48.8 Å². The SMILES string of the molecule is NC1(NC(=O)c2cccc3[nH]cnc23)CCc2ccccc2C1. The summed E-state index contributed by atoms with van der Waals surface area (Å²) in [5.74, 6) is -0.176. The number of imidazole rings is 1. The molecule has 1 aliphatic carbocycles. The van der Waals surface area contributed by atoms with Crippen molar-refractivity contribution >= 4 is 16.9 Å². The smallest absolute Gasteiger partial charge is 0.254 e. The van der Waals surface area contributed by atoms with Gasteiger partial charge in [-0.25, -0.2) is 4.98 Å². The normalized spacial score (nSPS) is 20.2. The third-order valence-corrected chi connectivity index (χ3v) is 4.52. The maximum Gasteiger partial charge on any atom is 0.254 e. The van der Waals surface area contributed by atoms with E-state index in [-0.39, 0.29) is 5.91 Å². The molecular formula is C18H18N4O. The molecule has 2 aromatic carbocycles. The summed E-state index contributed by atoms with van der Waals surface area (Å²) in [5, 5.41) is 3.02. The van der Waals surface area contributed by atoms with E-state index >= 15 is 0 Å². The van der Waals surface area contributed by atoms with Gasteiger partial charge in [0.05, 0.1) is 23.1 Å². The summed E-state index contributed by atoms with van der Waals surface area (Å²) < 4.78 is 0. The second kappa shape index (κ2) is 5.21. The van der Waals surface area contributed by atoms with Crippen molar-refractivity contribution in [2.24, 2.45) is 5.73 Å². The van der Waals surface area contributed by atoms with Crippen molar-refractivity contribution < 1.29 is 4.79 Å². The molecule has 0 bridgehead atoms. The minimum Gasteiger partial charge on any atom is -0.345 e. The van der Waals surface area contributed by atoms with E-state index in [2.05, 4.69) is 27.4 Å². The van der Waals surface area contributed by atoms with Crippen molar-refractivity contribution in [1.82, 2.24) is 15.3 Å². The van der Waals surface area contributed by atoms with Crippen LogP contribution in [0.3, 0.4) is 0 Å².